The van der Waals surface area contributed by atoms with Crippen LogP contribution in [0.25, 0.3) is 0 Å². The van der Waals surface area contributed by atoms with E-state index < -0.39 is 5.54 Å². The third-order valence-electron chi connectivity index (χ3n) is 5.45. The molecule has 2 amide bonds. The van der Waals surface area contributed by atoms with Crippen molar-refractivity contribution in [3.8, 4) is 5.75 Å². The van der Waals surface area contributed by atoms with E-state index in [1.165, 1.54) is 0 Å². The number of carbonyl (C=O) groups excluding carboxylic acids is 1. The summed E-state index contributed by atoms with van der Waals surface area (Å²) >= 11 is 0. The maximum absolute atomic E-state index is 12.6. The van der Waals surface area contributed by atoms with E-state index in [4.69, 9.17) is 9.47 Å². The summed E-state index contributed by atoms with van der Waals surface area (Å²) in [5.41, 5.74) is 0.522. The van der Waals surface area contributed by atoms with Crippen LogP contribution in [-0.2, 0) is 16.8 Å². The van der Waals surface area contributed by atoms with E-state index in [1.54, 1.807) is 6.20 Å². The van der Waals surface area contributed by atoms with Crippen molar-refractivity contribution in [3.05, 3.63) is 42.2 Å². The molecule has 29 heavy (non-hydrogen) atoms. The van der Waals surface area contributed by atoms with Gasteiger partial charge in [0.2, 0.25) is 0 Å². The van der Waals surface area contributed by atoms with Crippen molar-refractivity contribution >= 4 is 11.7 Å². The zero-order valence-electron chi connectivity index (χ0n) is 16.3. The van der Waals surface area contributed by atoms with Crippen LogP contribution in [0.2, 0.25) is 0 Å². The van der Waals surface area contributed by atoms with Crippen molar-refractivity contribution < 1.29 is 19.4 Å². The fraction of sp³-hybridized carbons (Fsp3) is 0.500. The Labute approximate surface area is 169 Å². The summed E-state index contributed by atoms with van der Waals surface area (Å²) in [4.78, 5) is 15.0. The molecule has 0 saturated carbocycles. The van der Waals surface area contributed by atoms with Crippen molar-refractivity contribution in [2.75, 3.05) is 51.4 Å². The number of ether oxygens (including phenoxy) is 2. The third-order valence-corrected chi connectivity index (χ3v) is 5.45. The number of fused-ring (bicyclic) bond motifs is 1. The molecule has 3 N–H and O–H groups in total. The normalized spacial score (nSPS) is 21.8. The van der Waals surface area contributed by atoms with Crippen LogP contribution >= 0.6 is 0 Å². The molecule has 9 nitrogen and oxygen atoms in total. The Kier molecular flexibility index (Phi) is 5.98. The Bertz CT molecular complexity index is 836. The minimum atomic E-state index is -0.870. The minimum Gasteiger partial charge on any atom is -0.493 e. The smallest absolute Gasteiger partial charge is 0.320 e. The molecule has 2 aliphatic heterocycles. The molecule has 1 saturated heterocycles. The first kappa shape index (κ1) is 19.7. The van der Waals surface area contributed by atoms with Gasteiger partial charge in [0.05, 0.1) is 50.4 Å². The summed E-state index contributed by atoms with van der Waals surface area (Å²) in [6, 6.07) is 7.07. The number of aliphatic hydroxyl groups is 1. The van der Waals surface area contributed by atoms with Gasteiger partial charge < -0.3 is 25.2 Å². The van der Waals surface area contributed by atoms with E-state index in [0.29, 0.717) is 24.5 Å². The van der Waals surface area contributed by atoms with Gasteiger partial charge in [-0.3, -0.25) is 9.58 Å². The zero-order valence-corrected chi connectivity index (χ0v) is 16.3. The second-order valence-electron chi connectivity index (χ2n) is 7.36. The van der Waals surface area contributed by atoms with Crippen LogP contribution in [0.3, 0.4) is 0 Å². The lowest BCUT2D eigenvalue weighted by Crippen LogP contribution is -2.52. The molecule has 156 valence electrons. The van der Waals surface area contributed by atoms with E-state index in [1.807, 2.05) is 35.1 Å². The highest BCUT2D eigenvalue weighted by Gasteiger charge is 2.38. The van der Waals surface area contributed by atoms with E-state index in [2.05, 4.69) is 20.6 Å². The first-order valence-corrected chi connectivity index (χ1v) is 9.93. The van der Waals surface area contributed by atoms with Crippen molar-refractivity contribution in [1.82, 2.24) is 20.0 Å². The third kappa shape index (κ3) is 4.52. The zero-order chi connectivity index (χ0) is 20.1. The number of hydrogen-bond acceptors (Lipinski definition) is 6. The highest BCUT2D eigenvalue weighted by Crippen LogP contribution is 2.36. The van der Waals surface area contributed by atoms with Gasteiger partial charge in [-0.2, -0.15) is 5.10 Å². The maximum Gasteiger partial charge on any atom is 0.320 e. The first-order valence-electron chi connectivity index (χ1n) is 9.93. The average molecular weight is 401 g/mol. The predicted molar refractivity (Wildman–Crippen MR) is 107 cm³/mol. The number of para-hydroxylation sites is 1. The molecule has 0 bridgehead atoms. The highest BCUT2D eigenvalue weighted by atomic mass is 16.5. The van der Waals surface area contributed by atoms with Crippen LogP contribution in [0.5, 0.6) is 5.75 Å². The number of hydrogen-bond donors (Lipinski definition) is 3. The quantitative estimate of drug-likeness (QED) is 0.668. The summed E-state index contributed by atoms with van der Waals surface area (Å²) < 4.78 is 12.8. The largest absolute Gasteiger partial charge is 0.493 e. The SMILES string of the molecule is O=C(Nc1cnn(CCN2CCOCC2)c1)NC1(CO)CCOc2ccccc21. The van der Waals surface area contributed by atoms with Crippen molar-refractivity contribution in [2.45, 2.75) is 18.5 Å². The van der Waals surface area contributed by atoms with E-state index in [9.17, 15) is 9.90 Å². The van der Waals surface area contributed by atoms with Gasteiger partial charge in [-0.15, -0.1) is 0 Å². The van der Waals surface area contributed by atoms with Crippen LogP contribution in [0, 0.1) is 0 Å². The van der Waals surface area contributed by atoms with E-state index in [-0.39, 0.29) is 12.6 Å². The van der Waals surface area contributed by atoms with Crippen molar-refractivity contribution in [1.29, 1.82) is 0 Å². The number of rotatable bonds is 6. The fourth-order valence-corrected chi connectivity index (χ4v) is 3.79. The second-order valence-corrected chi connectivity index (χ2v) is 7.36. The Hall–Kier alpha value is -2.62. The number of aromatic nitrogens is 2. The van der Waals surface area contributed by atoms with Gasteiger partial charge in [0.1, 0.15) is 5.75 Å². The van der Waals surface area contributed by atoms with Crippen LogP contribution in [0.4, 0.5) is 10.5 Å². The second kappa shape index (κ2) is 8.81. The van der Waals surface area contributed by atoms with Crippen LogP contribution in [-0.4, -0.2) is 71.9 Å². The number of urea groups is 1. The molecule has 1 fully saturated rings. The number of anilines is 1. The van der Waals surface area contributed by atoms with Gasteiger partial charge in [-0.25, -0.2) is 4.79 Å². The average Bonchev–Trinajstić information content (AvgIpc) is 3.20. The lowest BCUT2D eigenvalue weighted by atomic mass is 9.85. The summed E-state index contributed by atoms with van der Waals surface area (Å²) in [6.07, 6.45) is 3.93. The topological polar surface area (TPSA) is 101 Å². The minimum absolute atomic E-state index is 0.209. The standard InChI is InChI=1S/C20H27N5O4/c26-15-20(5-10-29-18-4-2-1-3-17(18)20)23-19(27)22-16-13-21-25(14-16)7-6-24-8-11-28-12-9-24/h1-4,13-14,26H,5-12,15H2,(H2,22,23,27). The lowest BCUT2D eigenvalue weighted by molar-refractivity contribution is 0.0360. The Morgan fingerprint density at radius 3 is 2.86 bits per heavy atom. The number of carbonyl (C=O) groups is 1. The lowest BCUT2D eigenvalue weighted by Gasteiger charge is -2.38. The van der Waals surface area contributed by atoms with Gasteiger partial charge in [0.15, 0.2) is 0 Å². The molecule has 1 atom stereocenters. The number of amides is 2. The molecule has 0 spiro atoms. The molecule has 2 aromatic rings. The molecule has 0 radical (unpaired) electrons. The highest BCUT2D eigenvalue weighted by molar-refractivity contribution is 5.89. The monoisotopic (exact) mass is 401 g/mol. The molecule has 9 heteroatoms. The number of nitrogens with zero attached hydrogens (tertiary/aromatic N) is 3. The molecular formula is C20H27N5O4. The number of benzene rings is 1. The summed E-state index contributed by atoms with van der Waals surface area (Å²) in [5, 5.41) is 20.2. The van der Waals surface area contributed by atoms with E-state index in [0.717, 1.165) is 45.0 Å². The summed E-state index contributed by atoms with van der Waals surface area (Å²) in [6.45, 7) is 5.26. The van der Waals surface area contributed by atoms with Gasteiger partial charge in [-0.1, -0.05) is 18.2 Å². The molecular weight excluding hydrogens is 374 g/mol. The van der Waals surface area contributed by atoms with Gasteiger partial charge in [0.25, 0.3) is 0 Å². The van der Waals surface area contributed by atoms with Crippen LogP contribution < -0.4 is 15.4 Å². The summed E-state index contributed by atoms with van der Waals surface area (Å²) in [5.74, 6) is 0.684. The van der Waals surface area contributed by atoms with Crippen molar-refractivity contribution in [2.24, 2.45) is 0 Å². The number of aliphatic hydroxyl groups excluding tert-OH is 1. The number of morpholine rings is 1. The first-order chi connectivity index (χ1) is 14.2. The fourth-order valence-electron chi connectivity index (χ4n) is 3.79. The molecule has 0 aliphatic carbocycles. The molecule has 1 aromatic carbocycles. The van der Waals surface area contributed by atoms with Crippen LogP contribution in [0.15, 0.2) is 36.7 Å². The molecule has 2 aliphatic rings. The van der Waals surface area contributed by atoms with Gasteiger partial charge in [0, 0.05) is 37.8 Å². The maximum atomic E-state index is 12.6. The van der Waals surface area contributed by atoms with Crippen molar-refractivity contribution in [3.63, 3.8) is 0 Å². The van der Waals surface area contributed by atoms with Gasteiger partial charge >= 0.3 is 6.03 Å². The Morgan fingerprint density at radius 2 is 2.03 bits per heavy atom. The predicted octanol–water partition coefficient (Wildman–Crippen LogP) is 1.01. The molecule has 1 aromatic heterocycles. The van der Waals surface area contributed by atoms with Gasteiger partial charge in [-0.05, 0) is 6.07 Å². The Morgan fingerprint density at radius 1 is 1.21 bits per heavy atom. The van der Waals surface area contributed by atoms with E-state index >= 15 is 0 Å². The Balaban J connectivity index is 1.35. The molecule has 4 rings (SSSR count). The van der Waals surface area contributed by atoms with Crippen LogP contribution in [0.1, 0.15) is 12.0 Å². The molecule has 1 unspecified atom stereocenters. The summed E-state index contributed by atoms with van der Waals surface area (Å²) in [7, 11) is 0. The number of nitrogens with one attached hydrogen (secondary N) is 2. The molecule has 3 heterocycles.